The average molecular weight is 412 g/mol. The summed E-state index contributed by atoms with van der Waals surface area (Å²) in [5, 5.41) is 10.8. The predicted octanol–water partition coefficient (Wildman–Crippen LogP) is 2.68. The van der Waals surface area contributed by atoms with Crippen LogP contribution >= 0.6 is 15.9 Å². The number of carbonyl (C=O) groups excluding carboxylic acids is 3. The number of rotatable bonds is 7. The topological polar surface area (TPSA) is 104 Å². The van der Waals surface area contributed by atoms with E-state index < -0.39 is 29.3 Å². The van der Waals surface area contributed by atoms with Gasteiger partial charge in [0.25, 0.3) is 0 Å². The molecule has 0 aromatic heterocycles. The number of halogens is 1. The third-order valence-electron chi connectivity index (χ3n) is 4.46. The Bertz CT molecular complexity index is 687. The maximum absolute atomic E-state index is 12.0. The van der Waals surface area contributed by atoms with Crippen LogP contribution in [0.2, 0.25) is 0 Å². The van der Waals surface area contributed by atoms with Gasteiger partial charge in [0.1, 0.15) is 5.78 Å². The standard InChI is InChI=1S/C17H18BrNO6/c1-10-6-15(20)13(14(10)8-19(23)24)7-17(22)25-9-16(21)11-2-4-12(18)5-3-11/h2-5,10,13-14H,6-9H2,1H3/t10-,13-,14+/m0/s1. The molecule has 2 rings (SSSR count). The zero-order valence-electron chi connectivity index (χ0n) is 13.6. The first kappa shape index (κ1) is 19.2. The molecule has 0 spiro atoms. The molecule has 7 nitrogen and oxygen atoms in total. The SMILES string of the molecule is C[C@H]1CC(=O)[C@@H](CC(=O)OCC(=O)c2ccc(Br)cc2)[C@@H]1C[N+](=O)[O-]. The fourth-order valence-electron chi connectivity index (χ4n) is 3.10. The molecule has 134 valence electrons. The molecule has 1 saturated carbocycles. The highest BCUT2D eigenvalue weighted by molar-refractivity contribution is 9.10. The molecule has 8 heteroatoms. The van der Waals surface area contributed by atoms with Crippen LogP contribution in [0.5, 0.6) is 0 Å². The number of nitro groups is 1. The van der Waals surface area contributed by atoms with Crippen LogP contribution in [0, 0.1) is 27.9 Å². The summed E-state index contributed by atoms with van der Waals surface area (Å²) >= 11 is 3.26. The predicted molar refractivity (Wildman–Crippen MR) is 91.7 cm³/mol. The molecule has 25 heavy (non-hydrogen) atoms. The van der Waals surface area contributed by atoms with Crippen LogP contribution in [-0.2, 0) is 14.3 Å². The number of carbonyl (C=O) groups is 3. The van der Waals surface area contributed by atoms with E-state index in [1.165, 1.54) is 0 Å². The molecule has 1 aromatic carbocycles. The first-order valence-corrected chi connectivity index (χ1v) is 8.66. The Kier molecular flexibility index (Phi) is 6.41. The van der Waals surface area contributed by atoms with E-state index in [-0.39, 0.29) is 36.9 Å². The van der Waals surface area contributed by atoms with E-state index >= 15 is 0 Å². The first-order chi connectivity index (χ1) is 11.8. The summed E-state index contributed by atoms with van der Waals surface area (Å²) in [6.45, 7) is 1.01. The Morgan fingerprint density at radius 2 is 1.96 bits per heavy atom. The number of ketones is 2. The highest BCUT2D eigenvalue weighted by Crippen LogP contribution is 2.36. The lowest BCUT2D eigenvalue weighted by atomic mass is 9.88. The molecule has 0 amide bonds. The summed E-state index contributed by atoms with van der Waals surface area (Å²) in [5.74, 6) is -2.52. The molecule has 1 aliphatic carbocycles. The van der Waals surface area contributed by atoms with Crippen LogP contribution in [0.1, 0.15) is 30.1 Å². The molecular formula is C17H18BrNO6. The Labute approximate surface area is 153 Å². The normalized spacial score (nSPS) is 22.6. The Morgan fingerprint density at radius 1 is 1.32 bits per heavy atom. The maximum Gasteiger partial charge on any atom is 0.306 e. The van der Waals surface area contributed by atoms with Gasteiger partial charge in [0.2, 0.25) is 6.54 Å². The van der Waals surface area contributed by atoms with Gasteiger partial charge in [0, 0.05) is 33.2 Å². The number of Topliss-reactive ketones (excluding diaryl/α,β-unsaturated/α-hetero) is 2. The van der Waals surface area contributed by atoms with Crippen molar-refractivity contribution in [3.63, 3.8) is 0 Å². The fraction of sp³-hybridized carbons (Fsp3) is 0.471. The minimum absolute atomic E-state index is 0.139. The van der Waals surface area contributed by atoms with Crippen molar-refractivity contribution < 1.29 is 24.0 Å². The van der Waals surface area contributed by atoms with Crippen LogP contribution in [0.3, 0.4) is 0 Å². The second-order valence-corrected chi connectivity index (χ2v) is 7.14. The van der Waals surface area contributed by atoms with Gasteiger partial charge in [-0.25, -0.2) is 0 Å². The third kappa shape index (κ3) is 5.19. The van der Waals surface area contributed by atoms with Crippen LogP contribution in [0.25, 0.3) is 0 Å². The summed E-state index contributed by atoms with van der Waals surface area (Å²) in [6.07, 6.45) is 0.00355. The minimum atomic E-state index is -0.712. The quantitative estimate of drug-likeness (QED) is 0.295. The van der Waals surface area contributed by atoms with Gasteiger partial charge in [-0.2, -0.15) is 0 Å². The van der Waals surface area contributed by atoms with Crippen molar-refractivity contribution in [2.45, 2.75) is 19.8 Å². The Balaban J connectivity index is 1.90. The Hall–Kier alpha value is -2.09. The molecule has 0 aliphatic heterocycles. The molecule has 0 radical (unpaired) electrons. The van der Waals surface area contributed by atoms with Crippen molar-refractivity contribution in [1.29, 1.82) is 0 Å². The monoisotopic (exact) mass is 411 g/mol. The highest BCUT2D eigenvalue weighted by atomic mass is 79.9. The highest BCUT2D eigenvalue weighted by Gasteiger charge is 2.44. The van der Waals surface area contributed by atoms with Crippen molar-refractivity contribution in [1.82, 2.24) is 0 Å². The second-order valence-electron chi connectivity index (χ2n) is 6.23. The lowest BCUT2D eigenvalue weighted by Crippen LogP contribution is -2.28. The van der Waals surface area contributed by atoms with E-state index in [0.29, 0.717) is 5.56 Å². The average Bonchev–Trinajstić information content (AvgIpc) is 2.80. The summed E-state index contributed by atoms with van der Waals surface area (Å²) in [6, 6.07) is 6.62. The van der Waals surface area contributed by atoms with E-state index in [4.69, 9.17) is 4.74 Å². The number of hydrogen-bond donors (Lipinski definition) is 0. The molecule has 0 saturated heterocycles. The summed E-state index contributed by atoms with van der Waals surface area (Å²) < 4.78 is 5.79. The smallest absolute Gasteiger partial charge is 0.306 e. The molecule has 3 atom stereocenters. The largest absolute Gasteiger partial charge is 0.457 e. The molecule has 1 aliphatic rings. The molecule has 0 unspecified atom stereocenters. The van der Waals surface area contributed by atoms with Gasteiger partial charge in [-0.1, -0.05) is 35.0 Å². The summed E-state index contributed by atoms with van der Waals surface area (Å²) in [7, 11) is 0. The first-order valence-electron chi connectivity index (χ1n) is 7.86. The number of hydrogen-bond acceptors (Lipinski definition) is 6. The van der Waals surface area contributed by atoms with Crippen molar-refractivity contribution >= 4 is 33.5 Å². The van der Waals surface area contributed by atoms with Crippen LogP contribution in [0.15, 0.2) is 28.7 Å². The zero-order valence-corrected chi connectivity index (χ0v) is 15.2. The van der Waals surface area contributed by atoms with Crippen LogP contribution in [0.4, 0.5) is 0 Å². The number of ether oxygens (including phenoxy) is 1. The van der Waals surface area contributed by atoms with Gasteiger partial charge in [0.05, 0.1) is 6.42 Å². The molecular weight excluding hydrogens is 394 g/mol. The van der Waals surface area contributed by atoms with E-state index in [1.54, 1.807) is 31.2 Å². The van der Waals surface area contributed by atoms with Gasteiger partial charge >= 0.3 is 5.97 Å². The van der Waals surface area contributed by atoms with Crippen molar-refractivity contribution in [3.05, 3.63) is 44.4 Å². The van der Waals surface area contributed by atoms with Gasteiger partial charge in [-0.05, 0) is 18.1 Å². The minimum Gasteiger partial charge on any atom is -0.457 e. The van der Waals surface area contributed by atoms with E-state index in [2.05, 4.69) is 15.9 Å². The molecule has 0 N–H and O–H groups in total. The van der Waals surface area contributed by atoms with Crippen LogP contribution < -0.4 is 0 Å². The van der Waals surface area contributed by atoms with E-state index in [0.717, 1.165) is 4.47 Å². The summed E-state index contributed by atoms with van der Waals surface area (Å²) in [5.41, 5.74) is 0.410. The van der Waals surface area contributed by atoms with Crippen molar-refractivity contribution in [2.24, 2.45) is 17.8 Å². The Morgan fingerprint density at radius 3 is 2.56 bits per heavy atom. The van der Waals surface area contributed by atoms with E-state index in [1.807, 2.05) is 0 Å². The second kappa shape index (κ2) is 8.33. The molecule has 0 bridgehead atoms. The lowest BCUT2D eigenvalue weighted by Gasteiger charge is -2.16. The molecule has 0 heterocycles. The zero-order chi connectivity index (χ0) is 18.6. The summed E-state index contributed by atoms with van der Waals surface area (Å²) in [4.78, 5) is 46.2. The molecule has 1 fully saturated rings. The van der Waals surface area contributed by atoms with Crippen molar-refractivity contribution in [2.75, 3.05) is 13.2 Å². The number of esters is 1. The van der Waals surface area contributed by atoms with Crippen LogP contribution in [-0.4, -0.2) is 35.6 Å². The third-order valence-corrected chi connectivity index (χ3v) is 4.99. The van der Waals surface area contributed by atoms with E-state index in [9.17, 15) is 24.5 Å². The van der Waals surface area contributed by atoms with Crippen molar-refractivity contribution in [3.8, 4) is 0 Å². The van der Waals surface area contributed by atoms with Gasteiger partial charge < -0.3 is 4.74 Å². The van der Waals surface area contributed by atoms with Gasteiger partial charge in [-0.3, -0.25) is 24.5 Å². The molecule has 1 aromatic rings. The fourth-order valence-corrected chi connectivity index (χ4v) is 3.37. The van der Waals surface area contributed by atoms with Gasteiger partial charge in [-0.15, -0.1) is 0 Å². The number of nitrogens with zero attached hydrogens (tertiary/aromatic N) is 1. The lowest BCUT2D eigenvalue weighted by molar-refractivity contribution is -0.490. The number of benzene rings is 1. The maximum atomic E-state index is 12.0. The van der Waals surface area contributed by atoms with Gasteiger partial charge in [0.15, 0.2) is 12.4 Å².